The van der Waals surface area contributed by atoms with E-state index in [1.807, 2.05) is 24.0 Å². The summed E-state index contributed by atoms with van der Waals surface area (Å²) in [6, 6.07) is 15.2. The fourth-order valence-corrected chi connectivity index (χ4v) is 4.23. The first kappa shape index (κ1) is 16.6. The molecule has 1 fully saturated rings. The van der Waals surface area contributed by atoms with Crippen molar-refractivity contribution in [3.63, 3.8) is 0 Å². The van der Waals surface area contributed by atoms with E-state index in [9.17, 15) is 0 Å². The Bertz CT molecular complexity index is 1030. The smallest absolute Gasteiger partial charge is 0.145 e. The number of ether oxygens (including phenoxy) is 1. The number of morpholine rings is 1. The Morgan fingerprint density at radius 2 is 1.93 bits per heavy atom. The predicted octanol–water partition coefficient (Wildman–Crippen LogP) is 3.98. The van der Waals surface area contributed by atoms with Crippen molar-refractivity contribution in [3.05, 3.63) is 65.9 Å². The van der Waals surface area contributed by atoms with E-state index in [4.69, 9.17) is 4.74 Å². The van der Waals surface area contributed by atoms with Crippen LogP contribution in [0.1, 0.15) is 5.56 Å². The minimum Gasteiger partial charge on any atom is -0.379 e. The highest BCUT2D eigenvalue weighted by molar-refractivity contribution is 7.12. The van der Waals surface area contributed by atoms with Crippen LogP contribution in [0.5, 0.6) is 0 Å². The molecule has 0 radical (unpaired) electrons. The monoisotopic (exact) mass is 376 g/mol. The van der Waals surface area contributed by atoms with Crippen molar-refractivity contribution in [1.29, 1.82) is 0 Å². The highest BCUT2D eigenvalue weighted by Gasteiger charge is 2.15. The molecule has 0 unspecified atom stereocenters. The Hall–Kier alpha value is -2.54. The second-order valence-corrected chi connectivity index (χ2v) is 7.57. The van der Waals surface area contributed by atoms with Crippen molar-refractivity contribution in [2.24, 2.45) is 0 Å². The number of thiazole rings is 1. The van der Waals surface area contributed by atoms with Gasteiger partial charge in [0, 0.05) is 31.2 Å². The zero-order valence-electron chi connectivity index (χ0n) is 14.9. The lowest BCUT2D eigenvalue weighted by molar-refractivity contribution is 0.0342. The zero-order valence-corrected chi connectivity index (χ0v) is 15.7. The zero-order chi connectivity index (χ0) is 18.1. The van der Waals surface area contributed by atoms with Gasteiger partial charge in [0.2, 0.25) is 0 Å². The fourth-order valence-electron chi connectivity index (χ4n) is 3.59. The van der Waals surface area contributed by atoms with Crippen molar-refractivity contribution in [1.82, 2.24) is 19.4 Å². The molecule has 0 amide bonds. The van der Waals surface area contributed by atoms with Crippen molar-refractivity contribution in [2.75, 3.05) is 26.3 Å². The van der Waals surface area contributed by atoms with Crippen LogP contribution in [0.3, 0.4) is 0 Å². The lowest BCUT2D eigenvalue weighted by atomic mass is 10.1. The standard InChI is InChI=1S/C21H20N4OS/c1-2-18-12-19(25(21(18)23-7-1)20-13-22-15-27-20)17-5-3-16(4-6-17)14-24-8-10-26-11-9-24/h1-7,12-13,15H,8-11,14H2. The van der Waals surface area contributed by atoms with Crippen LogP contribution < -0.4 is 0 Å². The van der Waals surface area contributed by atoms with Crippen LogP contribution >= 0.6 is 11.3 Å². The Morgan fingerprint density at radius 1 is 1.07 bits per heavy atom. The molecular formula is C21H20N4OS. The number of hydrogen-bond acceptors (Lipinski definition) is 5. The molecule has 136 valence electrons. The van der Waals surface area contributed by atoms with E-state index >= 15 is 0 Å². The molecule has 0 bridgehead atoms. The Kier molecular flexibility index (Phi) is 4.45. The Morgan fingerprint density at radius 3 is 2.70 bits per heavy atom. The molecule has 0 saturated carbocycles. The number of benzene rings is 1. The molecule has 27 heavy (non-hydrogen) atoms. The summed E-state index contributed by atoms with van der Waals surface area (Å²) in [5.74, 6) is 0. The van der Waals surface area contributed by atoms with Gasteiger partial charge >= 0.3 is 0 Å². The summed E-state index contributed by atoms with van der Waals surface area (Å²) < 4.78 is 7.64. The summed E-state index contributed by atoms with van der Waals surface area (Å²) in [4.78, 5) is 11.3. The van der Waals surface area contributed by atoms with Crippen LogP contribution in [0.15, 0.2) is 60.4 Å². The third-order valence-electron chi connectivity index (χ3n) is 4.96. The van der Waals surface area contributed by atoms with E-state index in [0.717, 1.165) is 54.6 Å². The van der Waals surface area contributed by atoms with E-state index in [0.29, 0.717) is 0 Å². The third kappa shape index (κ3) is 3.27. The maximum absolute atomic E-state index is 5.44. The molecule has 1 saturated heterocycles. The molecule has 0 spiro atoms. The van der Waals surface area contributed by atoms with E-state index in [1.54, 1.807) is 11.3 Å². The van der Waals surface area contributed by atoms with Gasteiger partial charge in [-0.2, -0.15) is 0 Å². The van der Waals surface area contributed by atoms with Crippen molar-refractivity contribution in [2.45, 2.75) is 6.54 Å². The molecule has 4 aromatic rings. The Balaban J connectivity index is 1.51. The molecule has 1 aromatic carbocycles. The van der Waals surface area contributed by atoms with Crippen molar-refractivity contribution in [3.8, 4) is 16.3 Å². The topological polar surface area (TPSA) is 43.2 Å². The summed E-state index contributed by atoms with van der Waals surface area (Å²) in [6.07, 6.45) is 3.74. The van der Waals surface area contributed by atoms with Gasteiger partial charge < -0.3 is 4.74 Å². The molecule has 0 atom stereocenters. The number of nitrogens with zero attached hydrogens (tertiary/aromatic N) is 4. The quantitative estimate of drug-likeness (QED) is 0.540. The van der Waals surface area contributed by atoms with Gasteiger partial charge in [0.15, 0.2) is 0 Å². The maximum atomic E-state index is 5.44. The predicted molar refractivity (Wildman–Crippen MR) is 108 cm³/mol. The first-order valence-electron chi connectivity index (χ1n) is 9.13. The average Bonchev–Trinajstić information content (AvgIpc) is 3.37. The van der Waals surface area contributed by atoms with Crippen LogP contribution in [0.25, 0.3) is 27.3 Å². The van der Waals surface area contributed by atoms with Gasteiger partial charge in [0.1, 0.15) is 10.6 Å². The molecule has 3 aromatic heterocycles. The van der Waals surface area contributed by atoms with Gasteiger partial charge in [-0.05, 0) is 29.3 Å². The van der Waals surface area contributed by atoms with Gasteiger partial charge in [-0.1, -0.05) is 24.3 Å². The van der Waals surface area contributed by atoms with Crippen LogP contribution in [0.2, 0.25) is 0 Å². The molecule has 0 N–H and O–H groups in total. The highest BCUT2D eigenvalue weighted by atomic mass is 32.1. The summed E-state index contributed by atoms with van der Waals surface area (Å²) >= 11 is 1.62. The average molecular weight is 376 g/mol. The number of hydrogen-bond donors (Lipinski definition) is 0. The van der Waals surface area contributed by atoms with E-state index < -0.39 is 0 Å². The van der Waals surface area contributed by atoms with E-state index in [1.165, 1.54) is 11.1 Å². The lowest BCUT2D eigenvalue weighted by Crippen LogP contribution is -2.35. The number of pyridine rings is 1. The largest absolute Gasteiger partial charge is 0.379 e. The molecular weight excluding hydrogens is 356 g/mol. The lowest BCUT2D eigenvalue weighted by Gasteiger charge is -2.26. The molecule has 5 rings (SSSR count). The van der Waals surface area contributed by atoms with Crippen LogP contribution in [-0.4, -0.2) is 45.7 Å². The minimum atomic E-state index is 0.833. The molecule has 1 aliphatic heterocycles. The highest BCUT2D eigenvalue weighted by Crippen LogP contribution is 2.32. The molecule has 6 heteroatoms. The summed E-state index contributed by atoms with van der Waals surface area (Å²) in [6.45, 7) is 4.66. The molecule has 5 nitrogen and oxygen atoms in total. The van der Waals surface area contributed by atoms with Gasteiger partial charge in [0.25, 0.3) is 0 Å². The first-order valence-corrected chi connectivity index (χ1v) is 10.0. The molecule has 1 aliphatic rings. The maximum Gasteiger partial charge on any atom is 0.145 e. The van der Waals surface area contributed by atoms with Gasteiger partial charge in [-0.15, -0.1) is 11.3 Å². The van der Waals surface area contributed by atoms with E-state index in [2.05, 4.69) is 55.8 Å². The van der Waals surface area contributed by atoms with Gasteiger partial charge in [-0.3, -0.25) is 14.5 Å². The summed E-state index contributed by atoms with van der Waals surface area (Å²) in [5.41, 5.74) is 6.49. The number of fused-ring (bicyclic) bond motifs is 1. The van der Waals surface area contributed by atoms with Crippen molar-refractivity contribution >= 4 is 22.4 Å². The number of rotatable bonds is 4. The molecule has 0 aliphatic carbocycles. The molecule has 4 heterocycles. The third-order valence-corrected chi connectivity index (χ3v) is 5.72. The Labute approximate surface area is 161 Å². The SMILES string of the molecule is c1cnc2c(c1)cc(-c1ccc(CN3CCOCC3)cc1)n2-c1cncs1. The van der Waals surface area contributed by atoms with Crippen LogP contribution in [0.4, 0.5) is 0 Å². The van der Waals surface area contributed by atoms with Gasteiger partial charge in [0.05, 0.1) is 30.6 Å². The van der Waals surface area contributed by atoms with Crippen molar-refractivity contribution < 1.29 is 4.74 Å². The first-order chi connectivity index (χ1) is 13.4. The minimum absolute atomic E-state index is 0.833. The number of aromatic nitrogens is 3. The second kappa shape index (κ2) is 7.23. The normalized spacial score (nSPS) is 15.4. The van der Waals surface area contributed by atoms with Gasteiger partial charge in [-0.25, -0.2) is 4.98 Å². The second-order valence-electron chi connectivity index (χ2n) is 6.71. The summed E-state index contributed by atoms with van der Waals surface area (Å²) in [7, 11) is 0. The van der Waals surface area contributed by atoms with Crippen LogP contribution in [0, 0.1) is 0 Å². The van der Waals surface area contributed by atoms with E-state index in [-0.39, 0.29) is 0 Å². The summed E-state index contributed by atoms with van der Waals surface area (Å²) in [5, 5.41) is 2.22. The fraction of sp³-hybridized carbons (Fsp3) is 0.238. The van der Waals surface area contributed by atoms with Crippen LogP contribution in [-0.2, 0) is 11.3 Å².